The Kier molecular flexibility index (Phi) is 3.40. The largest absolute Gasteiger partial charge is 0.373 e. The lowest BCUT2D eigenvalue weighted by Gasteiger charge is -2.27. The van der Waals surface area contributed by atoms with E-state index in [4.69, 9.17) is 16.3 Å². The molecule has 0 spiro atoms. The fourth-order valence-corrected chi connectivity index (χ4v) is 2.85. The Bertz CT molecular complexity index is 478. The summed E-state index contributed by atoms with van der Waals surface area (Å²) in [6.07, 6.45) is 6.02. The molecule has 1 aromatic carbocycles. The number of fused-ring (bicyclic) bond motifs is 1. The normalized spacial score (nSPS) is 19.5. The fraction of sp³-hybridized carbons (Fsp3) is 0.533. The Morgan fingerprint density at radius 2 is 2.11 bits per heavy atom. The summed E-state index contributed by atoms with van der Waals surface area (Å²) in [5, 5.41) is 0.739. The van der Waals surface area contributed by atoms with E-state index in [1.807, 2.05) is 6.07 Å². The van der Waals surface area contributed by atoms with Crippen LogP contribution in [0.1, 0.15) is 42.4 Å². The second kappa shape index (κ2) is 5.02. The van der Waals surface area contributed by atoms with Crippen LogP contribution in [0.4, 0.5) is 0 Å². The van der Waals surface area contributed by atoms with Gasteiger partial charge in [0.05, 0.1) is 12.7 Å². The number of ether oxygens (including phenoxy) is 1. The number of hydrogen-bond acceptors (Lipinski definition) is 2. The van der Waals surface area contributed by atoms with E-state index in [2.05, 4.69) is 6.07 Å². The molecule has 96 valence electrons. The predicted octanol–water partition coefficient (Wildman–Crippen LogP) is 3.47. The standard InChI is InChI=1S/C15H17ClO2/c16-15-7-5-10-4-6-11(17)8-13(10)14(15)9-18-12-2-1-3-12/h5,7,12H,1-4,6,8-9H2. The topological polar surface area (TPSA) is 26.3 Å². The van der Waals surface area contributed by atoms with E-state index in [0.717, 1.165) is 35.4 Å². The average molecular weight is 265 g/mol. The van der Waals surface area contributed by atoms with Crippen LogP contribution in [0.25, 0.3) is 0 Å². The lowest BCUT2D eigenvalue weighted by molar-refractivity contribution is -0.118. The molecule has 0 amide bonds. The minimum absolute atomic E-state index is 0.315. The first-order valence-electron chi connectivity index (χ1n) is 6.66. The van der Waals surface area contributed by atoms with Crippen molar-refractivity contribution in [1.29, 1.82) is 0 Å². The van der Waals surface area contributed by atoms with Crippen molar-refractivity contribution in [2.75, 3.05) is 0 Å². The van der Waals surface area contributed by atoms with Crippen LogP contribution in [-0.2, 0) is 29.0 Å². The number of carbonyl (C=O) groups excluding carboxylic acids is 1. The molecule has 0 saturated heterocycles. The van der Waals surface area contributed by atoms with E-state index in [-0.39, 0.29) is 0 Å². The third kappa shape index (κ3) is 2.32. The van der Waals surface area contributed by atoms with Gasteiger partial charge in [0.15, 0.2) is 0 Å². The molecule has 2 nitrogen and oxygen atoms in total. The Morgan fingerprint density at radius 1 is 1.28 bits per heavy atom. The van der Waals surface area contributed by atoms with Crippen LogP contribution in [0.2, 0.25) is 5.02 Å². The lowest BCUT2D eigenvalue weighted by atomic mass is 9.87. The molecule has 18 heavy (non-hydrogen) atoms. The summed E-state index contributed by atoms with van der Waals surface area (Å²) in [5.41, 5.74) is 3.43. The molecule has 3 rings (SSSR count). The van der Waals surface area contributed by atoms with Gasteiger partial charge in [-0.2, -0.15) is 0 Å². The van der Waals surface area contributed by atoms with Gasteiger partial charge in [-0.15, -0.1) is 0 Å². The number of aryl methyl sites for hydroxylation is 1. The molecule has 1 aromatic rings. The Morgan fingerprint density at radius 3 is 2.83 bits per heavy atom. The predicted molar refractivity (Wildman–Crippen MR) is 70.9 cm³/mol. The van der Waals surface area contributed by atoms with E-state index in [0.29, 0.717) is 31.3 Å². The van der Waals surface area contributed by atoms with Crippen molar-refractivity contribution < 1.29 is 9.53 Å². The highest BCUT2D eigenvalue weighted by molar-refractivity contribution is 6.31. The lowest BCUT2D eigenvalue weighted by Crippen LogP contribution is -2.22. The minimum Gasteiger partial charge on any atom is -0.373 e. The smallest absolute Gasteiger partial charge is 0.137 e. The van der Waals surface area contributed by atoms with Crippen LogP contribution in [0.3, 0.4) is 0 Å². The molecule has 3 heteroatoms. The first-order valence-corrected chi connectivity index (χ1v) is 7.04. The summed E-state index contributed by atoms with van der Waals surface area (Å²) < 4.78 is 5.85. The third-order valence-electron chi connectivity index (χ3n) is 4.03. The Balaban J connectivity index is 1.84. The first-order chi connectivity index (χ1) is 8.74. The van der Waals surface area contributed by atoms with Crippen molar-refractivity contribution in [1.82, 2.24) is 0 Å². The van der Waals surface area contributed by atoms with Gasteiger partial charge in [0.2, 0.25) is 0 Å². The molecule has 0 N–H and O–H groups in total. The number of benzene rings is 1. The number of rotatable bonds is 3. The average Bonchev–Trinajstić information content (AvgIpc) is 2.30. The van der Waals surface area contributed by atoms with Crippen LogP contribution in [0.15, 0.2) is 12.1 Å². The van der Waals surface area contributed by atoms with Gasteiger partial charge in [-0.05, 0) is 42.9 Å². The highest BCUT2D eigenvalue weighted by Gasteiger charge is 2.23. The van der Waals surface area contributed by atoms with Crippen LogP contribution in [0.5, 0.6) is 0 Å². The quantitative estimate of drug-likeness (QED) is 0.836. The summed E-state index contributed by atoms with van der Waals surface area (Å²) in [7, 11) is 0. The number of Topliss-reactive ketones (excluding diaryl/α,β-unsaturated/α-hetero) is 1. The van der Waals surface area contributed by atoms with Gasteiger partial charge in [-0.3, -0.25) is 4.79 Å². The summed E-state index contributed by atoms with van der Waals surface area (Å²) >= 11 is 6.26. The zero-order valence-corrected chi connectivity index (χ0v) is 11.1. The number of halogens is 1. The maximum absolute atomic E-state index is 11.6. The molecule has 2 aliphatic carbocycles. The molecule has 1 saturated carbocycles. The highest BCUT2D eigenvalue weighted by Crippen LogP contribution is 2.31. The maximum Gasteiger partial charge on any atom is 0.137 e. The van der Waals surface area contributed by atoms with Gasteiger partial charge >= 0.3 is 0 Å². The SMILES string of the molecule is O=C1CCc2ccc(Cl)c(COC3CCC3)c2C1. The second-order valence-electron chi connectivity index (χ2n) is 5.24. The monoisotopic (exact) mass is 264 g/mol. The minimum atomic E-state index is 0.315. The van der Waals surface area contributed by atoms with Gasteiger partial charge in [0, 0.05) is 23.4 Å². The number of ketones is 1. The van der Waals surface area contributed by atoms with Crippen LogP contribution < -0.4 is 0 Å². The van der Waals surface area contributed by atoms with Crippen molar-refractivity contribution in [3.8, 4) is 0 Å². The summed E-state index contributed by atoms with van der Waals surface area (Å²) in [6, 6.07) is 3.99. The molecule has 2 aliphatic rings. The van der Waals surface area contributed by atoms with E-state index in [1.54, 1.807) is 0 Å². The first kappa shape index (κ1) is 12.2. The number of carbonyl (C=O) groups is 1. The summed E-state index contributed by atoms with van der Waals surface area (Å²) in [4.78, 5) is 11.6. The maximum atomic E-state index is 11.6. The Labute approximate surface area is 112 Å². The van der Waals surface area contributed by atoms with Crippen molar-refractivity contribution >= 4 is 17.4 Å². The molecule has 0 atom stereocenters. The van der Waals surface area contributed by atoms with Crippen LogP contribution in [-0.4, -0.2) is 11.9 Å². The molecular weight excluding hydrogens is 248 g/mol. The molecule has 0 unspecified atom stereocenters. The molecular formula is C15H17ClO2. The molecule has 0 aliphatic heterocycles. The fourth-order valence-electron chi connectivity index (χ4n) is 2.62. The number of hydrogen-bond donors (Lipinski definition) is 0. The van der Waals surface area contributed by atoms with Crippen LogP contribution in [0, 0.1) is 0 Å². The zero-order valence-electron chi connectivity index (χ0n) is 10.4. The van der Waals surface area contributed by atoms with Crippen LogP contribution >= 0.6 is 11.6 Å². The van der Waals surface area contributed by atoms with E-state index in [9.17, 15) is 4.79 Å². The Hall–Kier alpha value is -0.860. The zero-order chi connectivity index (χ0) is 12.5. The van der Waals surface area contributed by atoms with Crippen molar-refractivity contribution in [3.05, 3.63) is 33.8 Å². The van der Waals surface area contributed by atoms with Crippen molar-refractivity contribution in [2.24, 2.45) is 0 Å². The van der Waals surface area contributed by atoms with E-state index >= 15 is 0 Å². The second-order valence-corrected chi connectivity index (χ2v) is 5.65. The van der Waals surface area contributed by atoms with Gasteiger partial charge in [0.1, 0.15) is 5.78 Å². The van der Waals surface area contributed by atoms with E-state index < -0.39 is 0 Å². The van der Waals surface area contributed by atoms with Gasteiger partial charge in [-0.1, -0.05) is 17.7 Å². The molecule has 1 fully saturated rings. The third-order valence-corrected chi connectivity index (χ3v) is 4.39. The van der Waals surface area contributed by atoms with Gasteiger partial charge in [-0.25, -0.2) is 0 Å². The van der Waals surface area contributed by atoms with Gasteiger partial charge < -0.3 is 4.74 Å². The van der Waals surface area contributed by atoms with Crippen molar-refractivity contribution in [3.63, 3.8) is 0 Å². The molecule has 0 aromatic heterocycles. The molecule has 0 heterocycles. The molecule has 0 radical (unpaired) electrons. The summed E-state index contributed by atoms with van der Waals surface area (Å²) in [6.45, 7) is 0.556. The van der Waals surface area contributed by atoms with Crippen molar-refractivity contribution in [2.45, 2.75) is 51.2 Å². The van der Waals surface area contributed by atoms with E-state index in [1.165, 1.54) is 12.0 Å². The van der Waals surface area contributed by atoms with Gasteiger partial charge in [0.25, 0.3) is 0 Å². The molecule has 0 bridgehead atoms. The summed E-state index contributed by atoms with van der Waals surface area (Å²) in [5.74, 6) is 0.315. The highest BCUT2D eigenvalue weighted by atomic mass is 35.5.